The maximum atomic E-state index is 12.5. The van der Waals surface area contributed by atoms with Crippen LogP contribution in [0, 0.1) is 20.8 Å². The largest absolute Gasteiger partial charge is 0.323 e. The molecule has 0 aliphatic heterocycles. The number of anilines is 1. The van der Waals surface area contributed by atoms with Crippen molar-refractivity contribution in [3.05, 3.63) is 73.5 Å². The number of fused-ring (bicyclic) bond motifs is 1. The molecule has 6 heteroatoms. The molecule has 0 fully saturated rings. The monoisotopic (exact) mass is 388 g/mol. The van der Waals surface area contributed by atoms with E-state index in [0.717, 1.165) is 27.6 Å². The van der Waals surface area contributed by atoms with Gasteiger partial charge in [-0.05, 0) is 50.1 Å². The number of benzene rings is 2. The Morgan fingerprint density at radius 3 is 2.54 bits per heavy atom. The van der Waals surface area contributed by atoms with Crippen LogP contribution >= 0.6 is 23.2 Å². The standard InChI is InChI=1S/C20H18Cl2N2O2/c1-11-7-13(3)20-14(8-11)12(2)9-18(26)24(20)10-17(25)23-16-6-4-5-15(21)19(16)22/h4-9H,10H2,1-3H3,(H,23,25). The maximum Gasteiger partial charge on any atom is 0.251 e. The minimum absolute atomic E-state index is 0.109. The van der Waals surface area contributed by atoms with Crippen molar-refractivity contribution in [3.63, 3.8) is 0 Å². The molecule has 1 aromatic heterocycles. The number of hydrogen-bond acceptors (Lipinski definition) is 2. The van der Waals surface area contributed by atoms with Crippen LogP contribution in [0.15, 0.2) is 41.2 Å². The zero-order chi connectivity index (χ0) is 19.0. The van der Waals surface area contributed by atoms with Crippen molar-refractivity contribution in [2.45, 2.75) is 27.3 Å². The van der Waals surface area contributed by atoms with Gasteiger partial charge in [0, 0.05) is 11.5 Å². The van der Waals surface area contributed by atoms with E-state index in [2.05, 4.69) is 5.32 Å². The number of halogens is 2. The molecule has 0 atom stereocenters. The maximum absolute atomic E-state index is 12.5. The van der Waals surface area contributed by atoms with E-state index in [1.54, 1.807) is 24.3 Å². The van der Waals surface area contributed by atoms with Crippen molar-refractivity contribution in [3.8, 4) is 0 Å². The van der Waals surface area contributed by atoms with E-state index in [4.69, 9.17) is 23.2 Å². The SMILES string of the molecule is Cc1cc(C)c2c(c1)c(C)cc(=O)n2CC(=O)Nc1cccc(Cl)c1Cl. The van der Waals surface area contributed by atoms with Gasteiger partial charge in [-0.15, -0.1) is 0 Å². The first-order chi connectivity index (χ1) is 12.3. The Kier molecular flexibility index (Phi) is 5.08. The summed E-state index contributed by atoms with van der Waals surface area (Å²) in [6, 6.07) is 10.6. The minimum atomic E-state index is -0.346. The summed E-state index contributed by atoms with van der Waals surface area (Å²) in [4.78, 5) is 25.1. The molecule has 1 amide bonds. The Labute approximate surface area is 161 Å². The molecule has 0 saturated heterocycles. The summed E-state index contributed by atoms with van der Waals surface area (Å²) in [7, 11) is 0. The Morgan fingerprint density at radius 1 is 1.08 bits per heavy atom. The molecule has 3 rings (SSSR count). The highest BCUT2D eigenvalue weighted by molar-refractivity contribution is 6.43. The highest BCUT2D eigenvalue weighted by Crippen LogP contribution is 2.29. The molecule has 26 heavy (non-hydrogen) atoms. The summed E-state index contributed by atoms with van der Waals surface area (Å²) in [6.45, 7) is 5.74. The van der Waals surface area contributed by atoms with Gasteiger partial charge in [-0.3, -0.25) is 14.2 Å². The lowest BCUT2D eigenvalue weighted by Crippen LogP contribution is -2.28. The molecule has 2 aromatic carbocycles. The second-order valence-electron chi connectivity index (χ2n) is 6.38. The Bertz CT molecular complexity index is 1090. The normalized spacial score (nSPS) is 11.0. The molecule has 0 radical (unpaired) electrons. The summed E-state index contributed by atoms with van der Waals surface area (Å²) in [5.41, 5.74) is 3.93. The second kappa shape index (κ2) is 7.14. The molecular weight excluding hydrogens is 371 g/mol. The van der Waals surface area contributed by atoms with Gasteiger partial charge in [0.2, 0.25) is 5.91 Å². The fraction of sp³-hybridized carbons (Fsp3) is 0.200. The molecule has 0 aliphatic rings. The van der Waals surface area contributed by atoms with Crippen molar-refractivity contribution in [2.24, 2.45) is 0 Å². The van der Waals surface area contributed by atoms with Gasteiger partial charge in [-0.1, -0.05) is 40.9 Å². The van der Waals surface area contributed by atoms with Crippen LogP contribution in [0.1, 0.15) is 16.7 Å². The number of nitrogens with one attached hydrogen (secondary N) is 1. The van der Waals surface area contributed by atoms with E-state index in [-0.39, 0.29) is 23.0 Å². The van der Waals surface area contributed by atoms with Crippen LogP contribution in [-0.2, 0) is 11.3 Å². The fourth-order valence-electron chi connectivity index (χ4n) is 3.16. The molecule has 0 saturated carbocycles. The third-order valence-corrected chi connectivity index (χ3v) is 5.09. The van der Waals surface area contributed by atoms with Crippen LogP contribution in [-0.4, -0.2) is 10.5 Å². The Morgan fingerprint density at radius 2 is 1.81 bits per heavy atom. The van der Waals surface area contributed by atoms with Gasteiger partial charge >= 0.3 is 0 Å². The molecule has 4 nitrogen and oxygen atoms in total. The van der Waals surface area contributed by atoms with Gasteiger partial charge in [0.05, 0.1) is 21.2 Å². The average molecular weight is 389 g/mol. The van der Waals surface area contributed by atoms with E-state index in [1.807, 2.05) is 32.9 Å². The molecular formula is C20H18Cl2N2O2. The number of hydrogen-bond donors (Lipinski definition) is 1. The van der Waals surface area contributed by atoms with Gasteiger partial charge in [-0.25, -0.2) is 0 Å². The summed E-state index contributed by atoms with van der Waals surface area (Å²) >= 11 is 12.1. The molecule has 134 valence electrons. The third-order valence-electron chi connectivity index (χ3n) is 4.27. The number of carbonyl (C=O) groups is 1. The van der Waals surface area contributed by atoms with Crippen molar-refractivity contribution < 1.29 is 4.79 Å². The summed E-state index contributed by atoms with van der Waals surface area (Å²) < 4.78 is 1.49. The number of amides is 1. The predicted octanol–water partition coefficient (Wildman–Crippen LogP) is 4.87. The van der Waals surface area contributed by atoms with Crippen LogP contribution in [0.5, 0.6) is 0 Å². The average Bonchev–Trinajstić information content (AvgIpc) is 2.55. The van der Waals surface area contributed by atoms with Crippen molar-refractivity contribution in [1.82, 2.24) is 4.57 Å². The number of carbonyl (C=O) groups excluding carboxylic acids is 1. The minimum Gasteiger partial charge on any atom is -0.323 e. The quantitative estimate of drug-likeness (QED) is 0.695. The lowest BCUT2D eigenvalue weighted by molar-refractivity contribution is -0.116. The van der Waals surface area contributed by atoms with Gasteiger partial charge in [0.1, 0.15) is 6.54 Å². The molecule has 1 N–H and O–H groups in total. The van der Waals surface area contributed by atoms with Gasteiger partial charge in [0.15, 0.2) is 0 Å². The molecule has 0 bridgehead atoms. The third kappa shape index (κ3) is 3.48. The highest BCUT2D eigenvalue weighted by atomic mass is 35.5. The van der Waals surface area contributed by atoms with Crippen LogP contribution in [0.4, 0.5) is 5.69 Å². The lowest BCUT2D eigenvalue weighted by atomic mass is 10.0. The first-order valence-corrected chi connectivity index (χ1v) is 8.89. The summed E-state index contributed by atoms with van der Waals surface area (Å²) in [5, 5.41) is 4.32. The van der Waals surface area contributed by atoms with Crippen molar-refractivity contribution >= 4 is 45.7 Å². The number of aromatic nitrogens is 1. The van der Waals surface area contributed by atoms with E-state index in [9.17, 15) is 9.59 Å². The summed E-state index contributed by atoms with van der Waals surface area (Å²) in [5.74, 6) is -0.346. The van der Waals surface area contributed by atoms with E-state index < -0.39 is 0 Å². The van der Waals surface area contributed by atoms with Gasteiger partial charge < -0.3 is 5.32 Å². The zero-order valence-electron chi connectivity index (χ0n) is 14.7. The zero-order valence-corrected chi connectivity index (χ0v) is 16.2. The number of nitrogens with zero attached hydrogens (tertiary/aromatic N) is 1. The van der Waals surface area contributed by atoms with Crippen LogP contribution < -0.4 is 10.9 Å². The first kappa shape index (κ1) is 18.5. The molecule has 0 unspecified atom stereocenters. The topological polar surface area (TPSA) is 51.1 Å². The fourth-order valence-corrected chi connectivity index (χ4v) is 3.51. The van der Waals surface area contributed by atoms with Crippen LogP contribution in [0.3, 0.4) is 0 Å². The molecule has 3 aromatic rings. The Hall–Kier alpha value is -2.30. The van der Waals surface area contributed by atoms with Crippen LogP contribution in [0.25, 0.3) is 10.9 Å². The molecule has 0 aliphatic carbocycles. The van der Waals surface area contributed by atoms with Crippen molar-refractivity contribution in [2.75, 3.05) is 5.32 Å². The lowest BCUT2D eigenvalue weighted by Gasteiger charge is -2.15. The predicted molar refractivity (Wildman–Crippen MR) is 108 cm³/mol. The van der Waals surface area contributed by atoms with E-state index in [1.165, 1.54) is 4.57 Å². The van der Waals surface area contributed by atoms with Gasteiger partial charge in [0.25, 0.3) is 5.56 Å². The Balaban J connectivity index is 2.02. The number of pyridine rings is 1. The first-order valence-electron chi connectivity index (χ1n) is 8.13. The molecule has 0 spiro atoms. The number of aryl methyl sites for hydroxylation is 3. The number of rotatable bonds is 3. The molecule has 1 heterocycles. The van der Waals surface area contributed by atoms with Crippen molar-refractivity contribution in [1.29, 1.82) is 0 Å². The van der Waals surface area contributed by atoms with E-state index >= 15 is 0 Å². The smallest absolute Gasteiger partial charge is 0.251 e. The van der Waals surface area contributed by atoms with Gasteiger partial charge in [-0.2, -0.15) is 0 Å². The van der Waals surface area contributed by atoms with Crippen LogP contribution in [0.2, 0.25) is 10.0 Å². The summed E-state index contributed by atoms with van der Waals surface area (Å²) in [6.07, 6.45) is 0. The van der Waals surface area contributed by atoms with E-state index in [0.29, 0.717) is 10.7 Å². The second-order valence-corrected chi connectivity index (χ2v) is 7.16. The highest BCUT2D eigenvalue weighted by Gasteiger charge is 2.14.